The topological polar surface area (TPSA) is 12.5 Å². The zero-order valence-electron chi connectivity index (χ0n) is 12.6. The Bertz CT molecular complexity index is 638. The maximum Gasteiger partial charge on any atom is 0.124 e. The van der Waals surface area contributed by atoms with Crippen molar-refractivity contribution in [3.63, 3.8) is 0 Å². The predicted octanol–water partition coefficient (Wildman–Crippen LogP) is 4.54. The summed E-state index contributed by atoms with van der Waals surface area (Å²) in [5.74, 6) is -0.314. The molecule has 2 nitrogen and oxygen atoms in total. The molecule has 3 rings (SSSR count). The number of hydrogen-bond donors (Lipinski definition) is 0. The number of morpholine rings is 1. The molecule has 2 aromatic rings. The lowest BCUT2D eigenvalue weighted by atomic mass is 10.0. The molecule has 0 aliphatic carbocycles. The van der Waals surface area contributed by atoms with Crippen molar-refractivity contribution in [3.05, 3.63) is 58.9 Å². The van der Waals surface area contributed by atoms with Crippen molar-refractivity contribution in [1.29, 1.82) is 0 Å². The molecule has 1 aliphatic heterocycles. The van der Waals surface area contributed by atoms with Gasteiger partial charge in [-0.25, -0.2) is 4.39 Å². The fourth-order valence-electron chi connectivity index (χ4n) is 2.84. The van der Waals surface area contributed by atoms with Crippen LogP contribution in [0, 0.1) is 5.82 Å². The fraction of sp³-hybridized carbons (Fsp3) is 0.333. The maximum absolute atomic E-state index is 13.1. The highest BCUT2D eigenvalue weighted by Crippen LogP contribution is 2.30. The summed E-state index contributed by atoms with van der Waals surface area (Å²) >= 11 is 6.13. The average Bonchev–Trinajstić information content (AvgIpc) is 2.55. The van der Waals surface area contributed by atoms with Gasteiger partial charge < -0.3 is 4.74 Å². The minimum absolute atomic E-state index is 0.314. The second kappa shape index (κ2) is 6.78. The van der Waals surface area contributed by atoms with Gasteiger partial charge in [-0.3, -0.25) is 4.90 Å². The van der Waals surface area contributed by atoms with Gasteiger partial charge in [0.2, 0.25) is 0 Å². The van der Waals surface area contributed by atoms with Crippen molar-refractivity contribution < 1.29 is 9.13 Å². The highest BCUT2D eigenvalue weighted by molar-refractivity contribution is 6.33. The van der Waals surface area contributed by atoms with Crippen molar-refractivity contribution in [2.75, 3.05) is 26.3 Å². The Morgan fingerprint density at radius 1 is 1.09 bits per heavy atom. The summed E-state index contributed by atoms with van der Waals surface area (Å²) in [7, 11) is 0. The SMILES string of the molecule is C[C@H](c1ccc(-c2ccc(F)cc2Cl)cc1)N1CCOCC1. The van der Waals surface area contributed by atoms with Crippen LogP contribution in [0.25, 0.3) is 11.1 Å². The van der Waals surface area contributed by atoms with Gasteiger partial charge in [-0.2, -0.15) is 0 Å². The number of halogens is 2. The van der Waals surface area contributed by atoms with Gasteiger partial charge in [0.1, 0.15) is 5.82 Å². The molecule has 1 saturated heterocycles. The molecular weight excluding hydrogens is 301 g/mol. The van der Waals surface area contributed by atoms with E-state index in [0.717, 1.165) is 37.4 Å². The average molecular weight is 320 g/mol. The summed E-state index contributed by atoms with van der Waals surface area (Å²) in [5.41, 5.74) is 3.13. The molecule has 0 saturated carbocycles. The van der Waals surface area contributed by atoms with Crippen molar-refractivity contribution >= 4 is 11.6 Å². The molecule has 0 aromatic heterocycles. The van der Waals surface area contributed by atoms with Crippen LogP contribution in [-0.2, 0) is 4.74 Å². The lowest BCUT2D eigenvalue weighted by molar-refractivity contribution is 0.0198. The summed E-state index contributed by atoms with van der Waals surface area (Å²) in [4.78, 5) is 2.42. The van der Waals surface area contributed by atoms with Gasteiger partial charge in [-0.05, 0) is 36.2 Å². The van der Waals surface area contributed by atoms with Crippen molar-refractivity contribution in [2.24, 2.45) is 0 Å². The third-order valence-electron chi connectivity index (χ3n) is 4.23. The first kappa shape index (κ1) is 15.5. The Morgan fingerprint density at radius 2 is 1.77 bits per heavy atom. The summed E-state index contributed by atoms with van der Waals surface area (Å²) in [6.07, 6.45) is 0. The van der Waals surface area contributed by atoms with E-state index in [2.05, 4.69) is 24.0 Å². The van der Waals surface area contributed by atoms with Crippen LogP contribution in [0.4, 0.5) is 4.39 Å². The van der Waals surface area contributed by atoms with Gasteiger partial charge >= 0.3 is 0 Å². The largest absolute Gasteiger partial charge is 0.379 e. The van der Waals surface area contributed by atoms with E-state index < -0.39 is 0 Å². The molecule has 22 heavy (non-hydrogen) atoms. The van der Waals surface area contributed by atoms with Crippen LogP contribution >= 0.6 is 11.6 Å². The van der Waals surface area contributed by atoms with E-state index in [0.29, 0.717) is 11.1 Å². The maximum atomic E-state index is 13.1. The molecule has 116 valence electrons. The Balaban J connectivity index is 1.80. The van der Waals surface area contributed by atoms with Gasteiger partial charge in [-0.1, -0.05) is 35.9 Å². The molecule has 1 fully saturated rings. The van der Waals surface area contributed by atoms with Crippen LogP contribution in [0.15, 0.2) is 42.5 Å². The molecular formula is C18H19ClFNO. The molecule has 0 amide bonds. The van der Waals surface area contributed by atoms with Gasteiger partial charge in [-0.15, -0.1) is 0 Å². The monoisotopic (exact) mass is 319 g/mol. The third kappa shape index (κ3) is 3.32. The molecule has 0 bridgehead atoms. The van der Waals surface area contributed by atoms with Crippen LogP contribution in [0.3, 0.4) is 0 Å². The number of benzene rings is 2. The second-order valence-electron chi connectivity index (χ2n) is 5.57. The first-order valence-electron chi connectivity index (χ1n) is 7.52. The van der Waals surface area contributed by atoms with Crippen LogP contribution in [0.2, 0.25) is 5.02 Å². The lowest BCUT2D eigenvalue weighted by Gasteiger charge is -2.32. The van der Waals surface area contributed by atoms with Crippen molar-refractivity contribution in [3.8, 4) is 11.1 Å². The quantitative estimate of drug-likeness (QED) is 0.823. The van der Waals surface area contributed by atoms with Crippen LogP contribution < -0.4 is 0 Å². The number of nitrogens with zero attached hydrogens (tertiary/aromatic N) is 1. The summed E-state index contributed by atoms with van der Waals surface area (Å²) in [5, 5.41) is 0.439. The van der Waals surface area contributed by atoms with E-state index in [1.54, 1.807) is 6.07 Å². The minimum Gasteiger partial charge on any atom is -0.379 e. The van der Waals surface area contributed by atoms with E-state index in [1.165, 1.54) is 17.7 Å². The molecule has 0 radical (unpaired) electrons. The Kier molecular flexibility index (Phi) is 4.77. The van der Waals surface area contributed by atoms with E-state index in [4.69, 9.17) is 16.3 Å². The lowest BCUT2D eigenvalue weighted by Crippen LogP contribution is -2.37. The second-order valence-corrected chi connectivity index (χ2v) is 5.98. The Morgan fingerprint density at radius 3 is 2.41 bits per heavy atom. The molecule has 1 heterocycles. The zero-order chi connectivity index (χ0) is 15.5. The van der Waals surface area contributed by atoms with Gasteiger partial charge in [0.25, 0.3) is 0 Å². The first-order chi connectivity index (χ1) is 10.6. The Labute approximate surface area is 135 Å². The standard InChI is InChI=1S/C18H19ClFNO/c1-13(21-8-10-22-11-9-21)14-2-4-15(5-3-14)17-7-6-16(20)12-18(17)19/h2-7,12-13H,8-11H2,1H3/t13-/m1/s1. The van der Waals surface area contributed by atoms with Gasteiger partial charge in [0.15, 0.2) is 0 Å². The highest BCUT2D eigenvalue weighted by Gasteiger charge is 2.18. The molecule has 1 atom stereocenters. The van der Waals surface area contributed by atoms with Crippen molar-refractivity contribution in [1.82, 2.24) is 4.90 Å². The number of ether oxygens (including phenoxy) is 1. The third-order valence-corrected chi connectivity index (χ3v) is 4.54. The molecule has 0 N–H and O–H groups in total. The molecule has 4 heteroatoms. The summed E-state index contributed by atoms with van der Waals surface area (Å²) < 4.78 is 18.5. The van der Waals surface area contributed by atoms with Crippen molar-refractivity contribution in [2.45, 2.75) is 13.0 Å². The summed E-state index contributed by atoms with van der Waals surface area (Å²) in [6.45, 7) is 5.74. The van der Waals surface area contributed by atoms with Crippen LogP contribution in [-0.4, -0.2) is 31.2 Å². The molecule has 1 aliphatic rings. The molecule has 2 aromatic carbocycles. The zero-order valence-corrected chi connectivity index (χ0v) is 13.3. The van der Waals surface area contributed by atoms with E-state index >= 15 is 0 Å². The highest BCUT2D eigenvalue weighted by atomic mass is 35.5. The molecule has 0 spiro atoms. The molecule has 0 unspecified atom stereocenters. The van der Waals surface area contributed by atoms with Gasteiger partial charge in [0, 0.05) is 24.7 Å². The van der Waals surface area contributed by atoms with Crippen LogP contribution in [0.1, 0.15) is 18.5 Å². The van der Waals surface area contributed by atoms with Crippen LogP contribution in [0.5, 0.6) is 0 Å². The minimum atomic E-state index is -0.314. The Hall–Kier alpha value is -1.42. The number of hydrogen-bond acceptors (Lipinski definition) is 2. The smallest absolute Gasteiger partial charge is 0.124 e. The van der Waals surface area contributed by atoms with E-state index in [1.807, 2.05) is 12.1 Å². The fourth-order valence-corrected chi connectivity index (χ4v) is 3.12. The summed E-state index contributed by atoms with van der Waals surface area (Å²) in [6, 6.07) is 13.2. The van der Waals surface area contributed by atoms with E-state index in [9.17, 15) is 4.39 Å². The van der Waals surface area contributed by atoms with Gasteiger partial charge in [0.05, 0.1) is 18.2 Å². The predicted molar refractivity (Wildman–Crippen MR) is 87.7 cm³/mol. The van der Waals surface area contributed by atoms with E-state index in [-0.39, 0.29) is 5.82 Å². The first-order valence-corrected chi connectivity index (χ1v) is 7.90. The normalized spacial score (nSPS) is 17.4. The number of rotatable bonds is 3.